The summed E-state index contributed by atoms with van der Waals surface area (Å²) in [7, 11) is 0. The lowest BCUT2D eigenvalue weighted by Crippen LogP contribution is -2.34. The van der Waals surface area contributed by atoms with Gasteiger partial charge in [-0.2, -0.15) is 0 Å². The fourth-order valence-corrected chi connectivity index (χ4v) is 3.63. The highest BCUT2D eigenvalue weighted by Gasteiger charge is 2.52. The molecule has 2 bridgehead atoms. The minimum atomic E-state index is -0.867. The maximum atomic E-state index is 12.2. The first kappa shape index (κ1) is 16.1. The standard InChI is InChI=1S/C17H26O4/c1-2-3-4-5-6-7-10-21-17(20)15-13-9-8-12(11-13)14(15)16(18)19/h8-9,12-15H,2-7,10-11H2,1H3,(H,18,19). The van der Waals surface area contributed by atoms with Crippen LogP contribution in [0.15, 0.2) is 12.2 Å². The molecule has 1 saturated carbocycles. The lowest BCUT2D eigenvalue weighted by Gasteiger charge is -2.23. The summed E-state index contributed by atoms with van der Waals surface area (Å²) in [5.41, 5.74) is 0. The number of aliphatic carboxylic acids is 1. The number of ether oxygens (including phenoxy) is 1. The molecule has 0 heterocycles. The number of carbonyl (C=O) groups excluding carboxylic acids is 1. The largest absolute Gasteiger partial charge is 0.481 e. The molecule has 4 unspecified atom stereocenters. The van der Waals surface area contributed by atoms with Crippen molar-refractivity contribution < 1.29 is 19.4 Å². The highest BCUT2D eigenvalue weighted by atomic mass is 16.5. The third kappa shape index (κ3) is 3.86. The quantitative estimate of drug-likeness (QED) is 0.402. The maximum absolute atomic E-state index is 12.2. The first-order chi connectivity index (χ1) is 10.1. The molecule has 0 aliphatic heterocycles. The number of allylic oxidation sites excluding steroid dienone is 2. The van der Waals surface area contributed by atoms with Gasteiger partial charge < -0.3 is 9.84 Å². The van der Waals surface area contributed by atoms with E-state index in [9.17, 15) is 14.7 Å². The number of carbonyl (C=O) groups is 2. The summed E-state index contributed by atoms with van der Waals surface area (Å²) >= 11 is 0. The molecule has 4 heteroatoms. The van der Waals surface area contributed by atoms with E-state index in [2.05, 4.69) is 6.92 Å². The van der Waals surface area contributed by atoms with Gasteiger partial charge in [-0.15, -0.1) is 0 Å². The second kappa shape index (κ2) is 7.62. The highest BCUT2D eigenvalue weighted by molar-refractivity contribution is 5.83. The van der Waals surface area contributed by atoms with E-state index < -0.39 is 17.8 Å². The zero-order valence-electron chi connectivity index (χ0n) is 12.8. The predicted molar refractivity (Wildman–Crippen MR) is 79.7 cm³/mol. The molecule has 0 spiro atoms. The summed E-state index contributed by atoms with van der Waals surface area (Å²) in [6.07, 6.45) is 11.6. The first-order valence-corrected chi connectivity index (χ1v) is 8.23. The topological polar surface area (TPSA) is 63.6 Å². The number of carboxylic acid groups (broad SMARTS) is 1. The Morgan fingerprint density at radius 3 is 2.33 bits per heavy atom. The molecular weight excluding hydrogens is 268 g/mol. The number of carboxylic acids is 1. The summed E-state index contributed by atoms with van der Waals surface area (Å²) in [6.45, 7) is 2.61. The van der Waals surface area contributed by atoms with Gasteiger partial charge in [-0.25, -0.2) is 0 Å². The molecule has 21 heavy (non-hydrogen) atoms. The summed E-state index contributed by atoms with van der Waals surface area (Å²) in [5, 5.41) is 9.31. The molecular formula is C17H26O4. The molecule has 4 atom stereocenters. The van der Waals surface area contributed by atoms with Gasteiger partial charge >= 0.3 is 11.9 Å². The van der Waals surface area contributed by atoms with Crippen molar-refractivity contribution in [3.8, 4) is 0 Å². The van der Waals surface area contributed by atoms with Crippen molar-refractivity contribution >= 4 is 11.9 Å². The predicted octanol–water partition coefficient (Wildman–Crippen LogP) is 3.41. The number of rotatable bonds is 9. The van der Waals surface area contributed by atoms with Gasteiger partial charge in [-0.1, -0.05) is 51.2 Å². The molecule has 2 rings (SSSR count). The van der Waals surface area contributed by atoms with Crippen LogP contribution in [0.25, 0.3) is 0 Å². The molecule has 0 saturated heterocycles. The van der Waals surface area contributed by atoms with Crippen LogP contribution in [0.2, 0.25) is 0 Å². The van der Waals surface area contributed by atoms with E-state index in [4.69, 9.17) is 4.74 Å². The van der Waals surface area contributed by atoms with E-state index >= 15 is 0 Å². The van der Waals surface area contributed by atoms with Gasteiger partial charge in [0.05, 0.1) is 18.4 Å². The van der Waals surface area contributed by atoms with E-state index in [1.165, 1.54) is 25.7 Å². The first-order valence-electron chi connectivity index (χ1n) is 8.23. The maximum Gasteiger partial charge on any atom is 0.310 e. The second-order valence-corrected chi connectivity index (χ2v) is 6.27. The third-order valence-corrected chi connectivity index (χ3v) is 4.76. The fraction of sp³-hybridized carbons (Fsp3) is 0.765. The van der Waals surface area contributed by atoms with Crippen molar-refractivity contribution in [2.24, 2.45) is 23.7 Å². The molecule has 0 aromatic heterocycles. The van der Waals surface area contributed by atoms with Crippen LogP contribution in [0.4, 0.5) is 0 Å². The second-order valence-electron chi connectivity index (χ2n) is 6.27. The van der Waals surface area contributed by atoms with Gasteiger partial charge in [-0.3, -0.25) is 9.59 Å². The molecule has 2 aliphatic carbocycles. The highest BCUT2D eigenvalue weighted by Crippen LogP contribution is 2.48. The normalized spacial score (nSPS) is 29.8. The molecule has 4 nitrogen and oxygen atoms in total. The van der Waals surface area contributed by atoms with Gasteiger partial charge in [0, 0.05) is 0 Å². The lowest BCUT2D eigenvalue weighted by molar-refractivity contribution is -0.158. The van der Waals surface area contributed by atoms with E-state index in [-0.39, 0.29) is 17.8 Å². The van der Waals surface area contributed by atoms with Crippen LogP contribution in [0, 0.1) is 23.7 Å². The Morgan fingerprint density at radius 1 is 1.05 bits per heavy atom. The van der Waals surface area contributed by atoms with Crippen molar-refractivity contribution in [3.63, 3.8) is 0 Å². The smallest absolute Gasteiger partial charge is 0.310 e. The van der Waals surface area contributed by atoms with Crippen LogP contribution in [0.3, 0.4) is 0 Å². The summed E-state index contributed by atoms with van der Waals surface area (Å²) in [4.78, 5) is 23.5. The third-order valence-electron chi connectivity index (χ3n) is 4.76. The van der Waals surface area contributed by atoms with Crippen LogP contribution < -0.4 is 0 Å². The monoisotopic (exact) mass is 294 g/mol. The molecule has 0 amide bonds. The summed E-state index contributed by atoms with van der Waals surface area (Å²) < 4.78 is 5.33. The molecule has 0 radical (unpaired) electrons. The van der Waals surface area contributed by atoms with Gasteiger partial charge in [0.15, 0.2) is 0 Å². The van der Waals surface area contributed by atoms with Crippen LogP contribution >= 0.6 is 0 Å². The van der Waals surface area contributed by atoms with E-state index in [1.54, 1.807) is 0 Å². The Labute approximate surface area is 126 Å². The Hall–Kier alpha value is -1.32. The average molecular weight is 294 g/mol. The minimum Gasteiger partial charge on any atom is -0.481 e. The van der Waals surface area contributed by atoms with Crippen molar-refractivity contribution in [1.29, 1.82) is 0 Å². The van der Waals surface area contributed by atoms with Crippen LogP contribution in [0.5, 0.6) is 0 Å². The number of fused-ring (bicyclic) bond motifs is 2. The number of unbranched alkanes of at least 4 members (excludes halogenated alkanes) is 5. The molecule has 1 N–H and O–H groups in total. The molecule has 2 aliphatic rings. The zero-order chi connectivity index (χ0) is 15.2. The average Bonchev–Trinajstić information content (AvgIpc) is 3.06. The number of hydrogen-bond donors (Lipinski definition) is 1. The molecule has 0 aromatic rings. The Morgan fingerprint density at radius 2 is 1.67 bits per heavy atom. The Bertz CT molecular complexity index is 402. The summed E-state index contributed by atoms with van der Waals surface area (Å²) in [5.74, 6) is -2.16. The fourth-order valence-electron chi connectivity index (χ4n) is 3.63. The Balaban J connectivity index is 1.71. The number of hydrogen-bond acceptors (Lipinski definition) is 3. The van der Waals surface area contributed by atoms with Gasteiger partial charge in [0.1, 0.15) is 0 Å². The minimum absolute atomic E-state index is 0.0130. The zero-order valence-corrected chi connectivity index (χ0v) is 12.8. The number of esters is 1. The SMILES string of the molecule is CCCCCCCCOC(=O)C1C2C=CC(C2)C1C(=O)O. The Kier molecular flexibility index (Phi) is 5.83. The van der Waals surface area contributed by atoms with E-state index in [0.29, 0.717) is 6.61 Å². The molecule has 0 aromatic carbocycles. The van der Waals surface area contributed by atoms with E-state index in [0.717, 1.165) is 19.3 Å². The van der Waals surface area contributed by atoms with Crippen LogP contribution in [-0.2, 0) is 14.3 Å². The van der Waals surface area contributed by atoms with Gasteiger partial charge in [0.25, 0.3) is 0 Å². The van der Waals surface area contributed by atoms with Gasteiger partial charge in [0.2, 0.25) is 0 Å². The van der Waals surface area contributed by atoms with Gasteiger partial charge in [-0.05, 0) is 24.7 Å². The molecule has 118 valence electrons. The van der Waals surface area contributed by atoms with E-state index in [1.807, 2.05) is 12.2 Å². The lowest BCUT2D eigenvalue weighted by atomic mass is 9.83. The van der Waals surface area contributed by atoms with Crippen molar-refractivity contribution in [1.82, 2.24) is 0 Å². The molecule has 1 fully saturated rings. The van der Waals surface area contributed by atoms with Crippen molar-refractivity contribution in [2.75, 3.05) is 6.61 Å². The van der Waals surface area contributed by atoms with Crippen LogP contribution in [-0.4, -0.2) is 23.7 Å². The summed E-state index contributed by atoms with van der Waals surface area (Å²) in [6, 6.07) is 0. The van der Waals surface area contributed by atoms with Crippen LogP contribution in [0.1, 0.15) is 51.9 Å². The van der Waals surface area contributed by atoms with Crippen molar-refractivity contribution in [3.05, 3.63) is 12.2 Å². The van der Waals surface area contributed by atoms with Crippen molar-refractivity contribution in [2.45, 2.75) is 51.9 Å².